The number of hydrogen-bond acceptors (Lipinski definition) is 5. The first-order valence-corrected chi connectivity index (χ1v) is 7.17. The third-order valence-corrected chi connectivity index (χ3v) is 3.78. The molecule has 0 fully saturated rings. The Hall–Kier alpha value is -1.79. The molecule has 98 valence electrons. The van der Waals surface area contributed by atoms with E-state index in [1.165, 1.54) is 0 Å². The van der Waals surface area contributed by atoms with Crippen LogP contribution in [-0.4, -0.2) is 19.5 Å². The third kappa shape index (κ3) is 2.13. The first-order valence-electron chi connectivity index (χ1n) is 6.29. The fourth-order valence-electron chi connectivity index (χ4n) is 2.10. The van der Waals surface area contributed by atoms with E-state index in [1.54, 1.807) is 17.5 Å². The van der Waals surface area contributed by atoms with Gasteiger partial charge in [0.2, 0.25) is 0 Å². The second-order valence-electron chi connectivity index (χ2n) is 4.26. The summed E-state index contributed by atoms with van der Waals surface area (Å²) < 4.78 is 2.13. The number of hydrogen-bond donors (Lipinski definition) is 1. The summed E-state index contributed by atoms with van der Waals surface area (Å²) in [7, 11) is 0. The first kappa shape index (κ1) is 12.3. The lowest BCUT2D eigenvalue weighted by Gasteiger charge is -2.04. The molecule has 0 aromatic carbocycles. The van der Waals surface area contributed by atoms with Crippen molar-refractivity contribution >= 4 is 22.5 Å². The standard InChI is InChI=1S/C13H15N5S/c1-2-6-18-12-9(4-3-5-15-12)17-13(18)10-8-19-11(7-14)16-10/h3-5,8H,2,6-7,14H2,1H3. The molecular weight excluding hydrogens is 258 g/mol. The van der Waals surface area contributed by atoms with Gasteiger partial charge in [-0.25, -0.2) is 15.0 Å². The molecule has 0 amide bonds. The number of imidazole rings is 1. The van der Waals surface area contributed by atoms with Crippen LogP contribution in [0.15, 0.2) is 23.7 Å². The van der Waals surface area contributed by atoms with Crippen molar-refractivity contribution in [1.82, 2.24) is 19.5 Å². The van der Waals surface area contributed by atoms with Gasteiger partial charge in [0, 0.05) is 24.7 Å². The van der Waals surface area contributed by atoms with E-state index in [9.17, 15) is 0 Å². The molecule has 0 radical (unpaired) electrons. The van der Waals surface area contributed by atoms with Crippen LogP contribution in [0.3, 0.4) is 0 Å². The largest absolute Gasteiger partial charge is 0.325 e. The molecule has 0 unspecified atom stereocenters. The van der Waals surface area contributed by atoms with E-state index in [4.69, 9.17) is 5.73 Å². The lowest BCUT2D eigenvalue weighted by atomic mass is 10.4. The van der Waals surface area contributed by atoms with Crippen LogP contribution in [-0.2, 0) is 13.1 Å². The van der Waals surface area contributed by atoms with Gasteiger partial charge >= 0.3 is 0 Å². The number of aromatic nitrogens is 4. The average Bonchev–Trinajstić information content (AvgIpc) is 3.04. The highest BCUT2D eigenvalue weighted by atomic mass is 32.1. The Labute approximate surface area is 115 Å². The van der Waals surface area contributed by atoms with Crippen molar-refractivity contribution in [3.63, 3.8) is 0 Å². The van der Waals surface area contributed by atoms with Crippen LogP contribution in [0.25, 0.3) is 22.7 Å². The zero-order valence-corrected chi connectivity index (χ0v) is 11.5. The maximum absolute atomic E-state index is 5.62. The predicted octanol–water partition coefficient (Wildman–Crippen LogP) is 2.42. The SMILES string of the molecule is CCCn1c(-c2csc(CN)n2)nc2cccnc21. The fraction of sp³-hybridized carbons (Fsp3) is 0.308. The molecule has 0 atom stereocenters. The zero-order chi connectivity index (χ0) is 13.2. The summed E-state index contributed by atoms with van der Waals surface area (Å²) in [5.41, 5.74) is 8.34. The van der Waals surface area contributed by atoms with E-state index in [2.05, 4.69) is 26.4 Å². The van der Waals surface area contributed by atoms with Gasteiger partial charge in [0.25, 0.3) is 0 Å². The maximum Gasteiger partial charge on any atom is 0.161 e. The van der Waals surface area contributed by atoms with Crippen molar-refractivity contribution in [2.45, 2.75) is 26.4 Å². The highest BCUT2D eigenvalue weighted by Crippen LogP contribution is 2.25. The van der Waals surface area contributed by atoms with Crippen LogP contribution in [0.2, 0.25) is 0 Å². The quantitative estimate of drug-likeness (QED) is 0.792. The minimum atomic E-state index is 0.469. The van der Waals surface area contributed by atoms with Gasteiger partial charge in [0.1, 0.15) is 16.2 Å². The van der Waals surface area contributed by atoms with E-state index in [-0.39, 0.29) is 0 Å². The Balaban J connectivity index is 2.18. The van der Waals surface area contributed by atoms with Gasteiger partial charge in [-0.2, -0.15) is 0 Å². The normalized spacial score (nSPS) is 11.3. The Morgan fingerprint density at radius 2 is 2.26 bits per heavy atom. The zero-order valence-electron chi connectivity index (χ0n) is 10.7. The molecule has 0 saturated carbocycles. The fourth-order valence-corrected chi connectivity index (χ4v) is 2.75. The van der Waals surface area contributed by atoms with Gasteiger partial charge in [-0.05, 0) is 18.6 Å². The molecule has 0 saturated heterocycles. The van der Waals surface area contributed by atoms with Crippen molar-refractivity contribution in [3.8, 4) is 11.5 Å². The van der Waals surface area contributed by atoms with Gasteiger partial charge in [-0.1, -0.05) is 6.92 Å². The minimum absolute atomic E-state index is 0.469. The van der Waals surface area contributed by atoms with E-state index in [1.807, 2.05) is 17.5 Å². The minimum Gasteiger partial charge on any atom is -0.325 e. The molecule has 3 heterocycles. The third-order valence-electron chi connectivity index (χ3n) is 2.91. The molecule has 3 aromatic heterocycles. The number of fused-ring (bicyclic) bond motifs is 1. The topological polar surface area (TPSA) is 69.6 Å². The van der Waals surface area contributed by atoms with Gasteiger partial charge in [-0.15, -0.1) is 11.3 Å². The van der Waals surface area contributed by atoms with Crippen molar-refractivity contribution in [3.05, 3.63) is 28.7 Å². The molecule has 19 heavy (non-hydrogen) atoms. The molecule has 0 aliphatic heterocycles. The molecular formula is C13H15N5S. The monoisotopic (exact) mass is 273 g/mol. The van der Waals surface area contributed by atoms with Gasteiger partial charge < -0.3 is 10.3 Å². The van der Waals surface area contributed by atoms with Crippen molar-refractivity contribution in [2.75, 3.05) is 0 Å². The molecule has 3 aromatic rings. The molecule has 0 aliphatic carbocycles. The Morgan fingerprint density at radius 3 is 3.00 bits per heavy atom. The van der Waals surface area contributed by atoms with Gasteiger partial charge in [-0.3, -0.25) is 0 Å². The summed E-state index contributed by atoms with van der Waals surface area (Å²) in [5, 5.41) is 2.94. The summed E-state index contributed by atoms with van der Waals surface area (Å²) in [6.45, 7) is 3.50. The smallest absolute Gasteiger partial charge is 0.161 e. The van der Waals surface area contributed by atoms with Gasteiger partial charge in [0.05, 0.1) is 0 Å². The molecule has 5 nitrogen and oxygen atoms in total. The molecule has 0 aliphatic rings. The van der Waals surface area contributed by atoms with E-state index >= 15 is 0 Å². The Kier molecular flexibility index (Phi) is 3.27. The number of nitrogens with zero attached hydrogens (tertiary/aromatic N) is 4. The summed E-state index contributed by atoms with van der Waals surface area (Å²) >= 11 is 1.57. The highest BCUT2D eigenvalue weighted by Gasteiger charge is 2.15. The number of aryl methyl sites for hydroxylation is 1. The van der Waals surface area contributed by atoms with Crippen molar-refractivity contribution < 1.29 is 0 Å². The number of rotatable bonds is 4. The Morgan fingerprint density at radius 1 is 1.37 bits per heavy atom. The summed E-state index contributed by atoms with van der Waals surface area (Å²) in [6, 6.07) is 3.88. The van der Waals surface area contributed by atoms with Crippen molar-refractivity contribution in [1.29, 1.82) is 0 Å². The van der Waals surface area contributed by atoms with E-state index < -0.39 is 0 Å². The van der Waals surface area contributed by atoms with Gasteiger partial charge in [0.15, 0.2) is 11.5 Å². The average molecular weight is 273 g/mol. The summed E-state index contributed by atoms with van der Waals surface area (Å²) in [5.74, 6) is 0.881. The predicted molar refractivity (Wildman–Crippen MR) is 76.8 cm³/mol. The molecule has 3 rings (SSSR count). The lowest BCUT2D eigenvalue weighted by Crippen LogP contribution is -2.01. The number of nitrogens with two attached hydrogens (primary N) is 1. The summed E-state index contributed by atoms with van der Waals surface area (Å²) in [4.78, 5) is 13.6. The van der Waals surface area contributed by atoms with Crippen LogP contribution in [0, 0.1) is 0 Å². The van der Waals surface area contributed by atoms with Crippen LogP contribution in [0.5, 0.6) is 0 Å². The lowest BCUT2D eigenvalue weighted by molar-refractivity contribution is 0.697. The first-order chi connectivity index (χ1) is 9.33. The van der Waals surface area contributed by atoms with Crippen LogP contribution in [0.1, 0.15) is 18.4 Å². The van der Waals surface area contributed by atoms with E-state index in [0.717, 1.165) is 40.7 Å². The molecule has 0 bridgehead atoms. The molecule has 2 N–H and O–H groups in total. The van der Waals surface area contributed by atoms with Crippen molar-refractivity contribution in [2.24, 2.45) is 5.73 Å². The highest BCUT2D eigenvalue weighted by molar-refractivity contribution is 7.09. The maximum atomic E-state index is 5.62. The van der Waals surface area contributed by atoms with Crippen LogP contribution >= 0.6 is 11.3 Å². The Bertz CT molecular complexity index is 700. The second kappa shape index (κ2) is 5.07. The number of thiazole rings is 1. The van der Waals surface area contributed by atoms with Crippen LogP contribution in [0.4, 0.5) is 0 Å². The van der Waals surface area contributed by atoms with E-state index in [0.29, 0.717) is 6.54 Å². The molecule has 0 spiro atoms. The number of pyridine rings is 1. The van der Waals surface area contributed by atoms with Crippen LogP contribution < -0.4 is 5.73 Å². The molecule has 6 heteroatoms. The summed E-state index contributed by atoms with van der Waals surface area (Å²) in [6.07, 6.45) is 2.83. The second-order valence-corrected chi connectivity index (χ2v) is 5.21.